The number of aryl methyl sites for hydroxylation is 1. The van der Waals surface area contributed by atoms with E-state index in [0.717, 1.165) is 30.3 Å². The van der Waals surface area contributed by atoms with Crippen molar-refractivity contribution in [2.75, 3.05) is 6.54 Å². The van der Waals surface area contributed by atoms with Gasteiger partial charge in [-0.3, -0.25) is 0 Å². The quantitative estimate of drug-likeness (QED) is 0.609. The molecule has 1 N–H and O–H groups in total. The maximum Gasteiger partial charge on any atom is 0.123 e. The van der Waals surface area contributed by atoms with Crippen molar-refractivity contribution < 1.29 is 4.39 Å². The maximum atomic E-state index is 13.0. The van der Waals surface area contributed by atoms with Crippen molar-refractivity contribution in [2.45, 2.75) is 39.2 Å². The molecular formula is C20H25BrFN. The largest absolute Gasteiger partial charge is 0.313 e. The normalized spacial score (nSPS) is 12.6. The lowest BCUT2D eigenvalue weighted by Crippen LogP contribution is -2.36. The average molecular weight is 378 g/mol. The second kappa shape index (κ2) is 9.19. The Morgan fingerprint density at radius 2 is 1.57 bits per heavy atom. The summed E-state index contributed by atoms with van der Waals surface area (Å²) in [7, 11) is 0. The molecule has 0 fully saturated rings. The summed E-state index contributed by atoms with van der Waals surface area (Å²) < 4.78 is 14.1. The number of benzene rings is 2. The standard InChI is InChI=1S/C20H25BrFN/c1-15(2)20(14-17-7-11-19(22)12-8-17)23-13-3-4-16-5-9-18(21)10-6-16/h5-12,15,20,23H,3-4,13-14H2,1-2H3. The lowest BCUT2D eigenvalue weighted by Gasteiger charge is -2.22. The zero-order chi connectivity index (χ0) is 16.7. The van der Waals surface area contributed by atoms with Crippen LogP contribution in [0.15, 0.2) is 53.0 Å². The third-order valence-electron chi connectivity index (χ3n) is 4.14. The van der Waals surface area contributed by atoms with Crippen LogP contribution in [0.25, 0.3) is 0 Å². The second-order valence-corrected chi connectivity index (χ2v) is 7.28. The van der Waals surface area contributed by atoms with Crippen LogP contribution in [0.4, 0.5) is 4.39 Å². The van der Waals surface area contributed by atoms with Gasteiger partial charge in [-0.05, 0) is 67.1 Å². The highest BCUT2D eigenvalue weighted by Gasteiger charge is 2.13. The minimum absolute atomic E-state index is 0.169. The molecule has 23 heavy (non-hydrogen) atoms. The smallest absolute Gasteiger partial charge is 0.123 e. The van der Waals surface area contributed by atoms with E-state index in [4.69, 9.17) is 0 Å². The van der Waals surface area contributed by atoms with Gasteiger partial charge in [0.2, 0.25) is 0 Å². The van der Waals surface area contributed by atoms with Gasteiger partial charge >= 0.3 is 0 Å². The summed E-state index contributed by atoms with van der Waals surface area (Å²) >= 11 is 3.46. The summed E-state index contributed by atoms with van der Waals surface area (Å²) in [4.78, 5) is 0. The lowest BCUT2D eigenvalue weighted by molar-refractivity contribution is 0.394. The minimum atomic E-state index is -0.169. The molecule has 1 atom stereocenters. The summed E-state index contributed by atoms with van der Waals surface area (Å²) in [6, 6.07) is 15.8. The van der Waals surface area contributed by atoms with Crippen molar-refractivity contribution in [2.24, 2.45) is 5.92 Å². The van der Waals surface area contributed by atoms with Crippen molar-refractivity contribution in [3.05, 3.63) is 69.9 Å². The third-order valence-corrected chi connectivity index (χ3v) is 4.66. The Morgan fingerprint density at radius 1 is 0.957 bits per heavy atom. The topological polar surface area (TPSA) is 12.0 Å². The monoisotopic (exact) mass is 377 g/mol. The first-order valence-corrected chi connectivity index (χ1v) is 9.06. The first-order chi connectivity index (χ1) is 11.0. The second-order valence-electron chi connectivity index (χ2n) is 6.37. The molecule has 124 valence electrons. The van der Waals surface area contributed by atoms with Crippen molar-refractivity contribution in [1.29, 1.82) is 0 Å². The van der Waals surface area contributed by atoms with E-state index < -0.39 is 0 Å². The molecule has 0 saturated carbocycles. The number of halogens is 2. The number of rotatable bonds is 8. The molecule has 0 amide bonds. The lowest BCUT2D eigenvalue weighted by atomic mass is 9.96. The molecule has 0 bridgehead atoms. The highest BCUT2D eigenvalue weighted by Crippen LogP contribution is 2.13. The van der Waals surface area contributed by atoms with Crippen LogP contribution in [-0.2, 0) is 12.8 Å². The zero-order valence-electron chi connectivity index (χ0n) is 13.9. The van der Waals surface area contributed by atoms with Crippen LogP contribution in [0.2, 0.25) is 0 Å². The molecule has 0 aromatic heterocycles. The molecule has 2 rings (SSSR count). The number of nitrogens with one attached hydrogen (secondary N) is 1. The van der Waals surface area contributed by atoms with Crippen molar-refractivity contribution in [3.8, 4) is 0 Å². The van der Waals surface area contributed by atoms with Crippen LogP contribution in [0.3, 0.4) is 0 Å². The fourth-order valence-electron chi connectivity index (χ4n) is 2.65. The Labute approximate surface area is 147 Å². The predicted octanol–water partition coefficient (Wildman–Crippen LogP) is 5.38. The van der Waals surface area contributed by atoms with Gasteiger partial charge in [-0.25, -0.2) is 4.39 Å². The average Bonchev–Trinajstić information content (AvgIpc) is 2.53. The van der Waals surface area contributed by atoms with E-state index in [2.05, 4.69) is 59.4 Å². The van der Waals surface area contributed by atoms with Crippen molar-refractivity contribution >= 4 is 15.9 Å². The predicted molar refractivity (Wildman–Crippen MR) is 99.2 cm³/mol. The molecule has 1 nitrogen and oxygen atoms in total. The molecule has 0 radical (unpaired) electrons. The number of hydrogen-bond acceptors (Lipinski definition) is 1. The Morgan fingerprint density at radius 3 is 2.17 bits per heavy atom. The van der Waals surface area contributed by atoms with Crippen LogP contribution in [0, 0.1) is 11.7 Å². The summed E-state index contributed by atoms with van der Waals surface area (Å²) in [6.07, 6.45) is 3.14. The van der Waals surface area contributed by atoms with Gasteiger partial charge in [-0.2, -0.15) is 0 Å². The van der Waals surface area contributed by atoms with E-state index in [1.54, 1.807) is 12.1 Å². The van der Waals surface area contributed by atoms with Gasteiger partial charge in [0.05, 0.1) is 0 Å². The zero-order valence-corrected chi connectivity index (χ0v) is 15.4. The van der Waals surface area contributed by atoms with Crippen LogP contribution in [0.1, 0.15) is 31.4 Å². The van der Waals surface area contributed by atoms with Crippen LogP contribution >= 0.6 is 15.9 Å². The molecule has 2 aromatic rings. The Balaban J connectivity index is 1.78. The Bertz CT molecular complexity index is 578. The van der Waals surface area contributed by atoms with E-state index >= 15 is 0 Å². The van der Waals surface area contributed by atoms with Gasteiger partial charge in [-0.15, -0.1) is 0 Å². The van der Waals surface area contributed by atoms with E-state index in [-0.39, 0.29) is 5.82 Å². The van der Waals surface area contributed by atoms with Crippen LogP contribution in [0.5, 0.6) is 0 Å². The van der Waals surface area contributed by atoms with E-state index in [9.17, 15) is 4.39 Å². The Hall–Kier alpha value is -1.19. The highest BCUT2D eigenvalue weighted by atomic mass is 79.9. The summed E-state index contributed by atoms with van der Waals surface area (Å²) in [5.41, 5.74) is 2.56. The summed E-state index contributed by atoms with van der Waals surface area (Å²) in [5.74, 6) is 0.380. The molecule has 0 aliphatic carbocycles. The minimum Gasteiger partial charge on any atom is -0.313 e. The first-order valence-electron chi connectivity index (χ1n) is 8.27. The molecule has 0 aliphatic heterocycles. The van der Waals surface area contributed by atoms with Gasteiger partial charge in [0.25, 0.3) is 0 Å². The van der Waals surface area contributed by atoms with Crippen LogP contribution < -0.4 is 5.32 Å². The van der Waals surface area contributed by atoms with Crippen molar-refractivity contribution in [3.63, 3.8) is 0 Å². The van der Waals surface area contributed by atoms with E-state index in [1.165, 1.54) is 11.1 Å². The first kappa shape index (κ1) is 18.2. The highest BCUT2D eigenvalue weighted by molar-refractivity contribution is 9.10. The summed E-state index contributed by atoms with van der Waals surface area (Å²) in [5, 5.41) is 3.66. The van der Waals surface area contributed by atoms with Gasteiger partial charge in [0.15, 0.2) is 0 Å². The molecule has 3 heteroatoms. The van der Waals surface area contributed by atoms with Gasteiger partial charge in [-0.1, -0.05) is 54.0 Å². The maximum absolute atomic E-state index is 13.0. The fourth-order valence-corrected chi connectivity index (χ4v) is 2.91. The van der Waals surface area contributed by atoms with E-state index in [0.29, 0.717) is 12.0 Å². The number of hydrogen-bond donors (Lipinski definition) is 1. The molecule has 0 aliphatic rings. The van der Waals surface area contributed by atoms with Gasteiger partial charge in [0, 0.05) is 10.5 Å². The molecule has 2 aromatic carbocycles. The molecule has 1 unspecified atom stereocenters. The molecule has 0 spiro atoms. The van der Waals surface area contributed by atoms with Crippen LogP contribution in [-0.4, -0.2) is 12.6 Å². The molecule has 0 saturated heterocycles. The van der Waals surface area contributed by atoms with Crippen molar-refractivity contribution in [1.82, 2.24) is 5.32 Å². The molecule has 0 heterocycles. The van der Waals surface area contributed by atoms with Gasteiger partial charge in [0.1, 0.15) is 5.82 Å². The van der Waals surface area contributed by atoms with Gasteiger partial charge < -0.3 is 5.32 Å². The third kappa shape index (κ3) is 6.44. The summed E-state index contributed by atoms with van der Waals surface area (Å²) in [6.45, 7) is 5.46. The SMILES string of the molecule is CC(C)C(Cc1ccc(F)cc1)NCCCc1ccc(Br)cc1. The fraction of sp³-hybridized carbons (Fsp3) is 0.400. The molecular weight excluding hydrogens is 353 g/mol. The Kier molecular flexibility index (Phi) is 7.25. The van der Waals surface area contributed by atoms with E-state index in [1.807, 2.05) is 12.1 Å².